The third-order valence-corrected chi connectivity index (χ3v) is 5.03. The van der Waals surface area contributed by atoms with Gasteiger partial charge in [0.15, 0.2) is 9.84 Å². The maximum atomic E-state index is 11.6. The predicted molar refractivity (Wildman–Crippen MR) is 73.3 cm³/mol. The zero-order valence-corrected chi connectivity index (χ0v) is 11.9. The van der Waals surface area contributed by atoms with E-state index in [-0.39, 0.29) is 18.1 Å². The number of carboxylic acid groups (broad SMARTS) is 1. The average Bonchev–Trinajstić information content (AvgIpc) is 2.40. The van der Waals surface area contributed by atoms with Gasteiger partial charge in [-0.2, -0.15) is 0 Å². The Kier molecular flexibility index (Phi) is 4.46. The number of hydrogen-bond donors (Lipinski definition) is 2. The first kappa shape index (κ1) is 15.3. The van der Waals surface area contributed by atoms with E-state index in [0.717, 1.165) is 5.56 Å². The quantitative estimate of drug-likeness (QED) is 0.815. The highest BCUT2D eigenvalue weighted by Crippen LogP contribution is 2.22. The maximum absolute atomic E-state index is 11.6. The molecule has 7 nitrogen and oxygen atoms in total. The fraction of sp³-hybridized carbons (Fsp3) is 0.385. The number of rotatable bonds is 5. The second-order valence-corrected chi connectivity index (χ2v) is 7.01. The summed E-state index contributed by atoms with van der Waals surface area (Å²) in [6.45, 7) is 0.0159. The Balaban J connectivity index is 1.86. The van der Waals surface area contributed by atoms with Crippen LogP contribution in [0.25, 0.3) is 0 Å². The normalized spacial score (nSPS) is 18.3. The molecular weight excluding hydrogens is 298 g/mol. The highest BCUT2D eigenvalue weighted by molar-refractivity contribution is 7.92. The molecule has 1 atom stereocenters. The van der Waals surface area contributed by atoms with Crippen molar-refractivity contribution in [3.05, 3.63) is 35.9 Å². The molecule has 1 amide bonds. The standard InChI is InChI=1S/C13H15NO6S/c15-12(16)11(10-7-21(18,19)8-10)14-13(17)20-6-9-4-2-1-3-5-9/h1-5,10-11H,6-8H2,(H,14,17)(H,15,16). The molecule has 0 aromatic heterocycles. The summed E-state index contributed by atoms with van der Waals surface area (Å²) in [4.78, 5) is 22.7. The van der Waals surface area contributed by atoms with Gasteiger partial charge in [-0.3, -0.25) is 0 Å². The molecule has 0 saturated carbocycles. The van der Waals surface area contributed by atoms with Gasteiger partial charge in [0.1, 0.15) is 12.6 Å². The molecule has 1 aliphatic heterocycles. The van der Waals surface area contributed by atoms with Gasteiger partial charge in [0.05, 0.1) is 11.5 Å². The van der Waals surface area contributed by atoms with Gasteiger partial charge in [0.2, 0.25) is 0 Å². The average molecular weight is 313 g/mol. The number of ether oxygens (including phenoxy) is 1. The number of carbonyl (C=O) groups excluding carboxylic acids is 1. The number of sulfone groups is 1. The molecular formula is C13H15NO6S. The van der Waals surface area contributed by atoms with Crippen molar-refractivity contribution >= 4 is 21.9 Å². The SMILES string of the molecule is O=C(NC(C(=O)O)C1CS(=O)(=O)C1)OCc1ccccc1. The van der Waals surface area contributed by atoms with E-state index < -0.39 is 33.9 Å². The van der Waals surface area contributed by atoms with E-state index in [2.05, 4.69) is 5.32 Å². The number of aliphatic carboxylic acids is 1. The molecule has 1 saturated heterocycles. The van der Waals surface area contributed by atoms with Crippen LogP contribution < -0.4 is 5.32 Å². The van der Waals surface area contributed by atoms with Crippen LogP contribution in [0.5, 0.6) is 0 Å². The first-order chi connectivity index (χ1) is 9.87. The first-order valence-electron chi connectivity index (χ1n) is 6.28. The van der Waals surface area contributed by atoms with Crippen molar-refractivity contribution in [2.45, 2.75) is 12.6 Å². The molecule has 0 aliphatic carbocycles. The van der Waals surface area contributed by atoms with Crippen molar-refractivity contribution in [3.63, 3.8) is 0 Å². The summed E-state index contributed by atoms with van der Waals surface area (Å²) in [6.07, 6.45) is -0.879. The third kappa shape index (κ3) is 4.19. The Hall–Kier alpha value is -2.09. The molecule has 1 aromatic rings. The zero-order valence-electron chi connectivity index (χ0n) is 11.1. The lowest BCUT2D eigenvalue weighted by atomic mass is 10.0. The van der Waals surface area contributed by atoms with Gasteiger partial charge >= 0.3 is 12.1 Å². The Labute approximate surface area is 121 Å². The lowest BCUT2D eigenvalue weighted by Crippen LogP contribution is -2.55. The minimum absolute atomic E-state index is 0.0159. The van der Waals surface area contributed by atoms with Crippen LogP contribution >= 0.6 is 0 Å². The third-order valence-electron chi connectivity index (χ3n) is 3.16. The highest BCUT2D eigenvalue weighted by atomic mass is 32.2. The summed E-state index contributed by atoms with van der Waals surface area (Å²) in [6, 6.07) is 7.67. The highest BCUT2D eigenvalue weighted by Gasteiger charge is 2.43. The van der Waals surface area contributed by atoms with Crippen LogP contribution in [0.15, 0.2) is 30.3 Å². The molecule has 1 unspecified atom stereocenters. The second-order valence-electron chi connectivity index (χ2n) is 4.86. The number of nitrogens with one attached hydrogen (secondary N) is 1. The maximum Gasteiger partial charge on any atom is 0.408 e. The number of carboxylic acids is 1. The van der Waals surface area contributed by atoms with Crippen LogP contribution in [0.2, 0.25) is 0 Å². The molecule has 114 valence electrons. The van der Waals surface area contributed by atoms with E-state index >= 15 is 0 Å². The molecule has 21 heavy (non-hydrogen) atoms. The summed E-state index contributed by atoms with van der Waals surface area (Å²) in [5, 5.41) is 11.2. The number of carbonyl (C=O) groups is 2. The summed E-state index contributed by atoms with van der Waals surface area (Å²) >= 11 is 0. The summed E-state index contributed by atoms with van der Waals surface area (Å²) in [5.41, 5.74) is 0.769. The summed E-state index contributed by atoms with van der Waals surface area (Å²) < 4.78 is 27.1. The van der Waals surface area contributed by atoms with Gasteiger partial charge in [0, 0.05) is 5.92 Å². The lowest BCUT2D eigenvalue weighted by molar-refractivity contribution is -0.140. The van der Waals surface area contributed by atoms with Gasteiger partial charge < -0.3 is 15.2 Å². The Morgan fingerprint density at radius 3 is 2.43 bits per heavy atom. The van der Waals surface area contributed by atoms with E-state index in [1.807, 2.05) is 6.07 Å². The minimum atomic E-state index is -3.16. The summed E-state index contributed by atoms with van der Waals surface area (Å²) in [5.74, 6) is -2.35. The van der Waals surface area contributed by atoms with Crippen molar-refractivity contribution in [2.75, 3.05) is 11.5 Å². The van der Waals surface area contributed by atoms with Crippen molar-refractivity contribution in [1.82, 2.24) is 5.32 Å². The number of amides is 1. The van der Waals surface area contributed by atoms with E-state index in [4.69, 9.17) is 9.84 Å². The molecule has 1 aliphatic rings. The molecule has 0 radical (unpaired) electrons. The smallest absolute Gasteiger partial charge is 0.408 e. The Morgan fingerprint density at radius 2 is 1.90 bits per heavy atom. The molecule has 1 heterocycles. The topological polar surface area (TPSA) is 110 Å². The van der Waals surface area contributed by atoms with E-state index in [1.54, 1.807) is 24.3 Å². The van der Waals surface area contributed by atoms with Gasteiger partial charge in [-0.15, -0.1) is 0 Å². The van der Waals surface area contributed by atoms with Crippen LogP contribution in [-0.2, 0) is 26.0 Å². The summed E-state index contributed by atoms with van der Waals surface area (Å²) in [7, 11) is -3.16. The van der Waals surface area contributed by atoms with Gasteiger partial charge in [-0.1, -0.05) is 30.3 Å². The Morgan fingerprint density at radius 1 is 1.29 bits per heavy atom. The number of hydrogen-bond acceptors (Lipinski definition) is 5. The zero-order chi connectivity index (χ0) is 15.5. The Bertz CT molecular complexity index is 615. The van der Waals surface area contributed by atoms with Crippen molar-refractivity contribution < 1.29 is 27.9 Å². The van der Waals surface area contributed by atoms with Crippen LogP contribution in [0.1, 0.15) is 5.56 Å². The molecule has 1 fully saturated rings. The van der Waals surface area contributed by atoms with Crippen LogP contribution in [-0.4, -0.2) is 43.1 Å². The largest absolute Gasteiger partial charge is 0.480 e. The number of benzene rings is 1. The van der Waals surface area contributed by atoms with Gasteiger partial charge in [-0.25, -0.2) is 18.0 Å². The second kappa shape index (κ2) is 6.13. The van der Waals surface area contributed by atoms with Crippen LogP contribution in [0.3, 0.4) is 0 Å². The molecule has 0 bridgehead atoms. The number of alkyl carbamates (subject to hydrolysis) is 1. The van der Waals surface area contributed by atoms with Crippen LogP contribution in [0, 0.1) is 5.92 Å². The van der Waals surface area contributed by atoms with Crippen LogP contribution in [0.4, 0.5) is 4.79 Å². The van der Waals surface area contributed by atoms with Crippen molar-refractivity contribution in [1.29, 1.82) is 0 Å². The molecule has 2 rings (SSSR count). The molecule has 8 heteroatoms. The van der Waals surface area contributed by atoms with E-state index in [1.165, 1.54) is 0 Å². The van der Waals surface area contributed by atoms with E-state index in [0.29, 0.717) is 0 Å². The van der Waals surface area contributed by atoms with Crippen molar-refractivity contribution in [3.8, 4) is 0 Å². The predicted octanol–water partition coefficient (Wildman–Crippen LogP) is 0.411. The monoisotopic (exact) mass is 313 g/mol. The van der Waals surface area contributed by atoms with Gasteiger partial charge in [0.25, 0.3) is 0 Å². The lowest BCUT2D eigenvalue weighted by Gasteiger charge is -2.30. The van der Waals surface area contributed by atoms with E-state index in [9.17, 15) is 18.0 Å². The molecule has 1 aromatic carbocycles. The molecule has 0 spiro atoms. The minimum Gasteiger partial charge on any atom is -0.480 e. The van der Waals surface area contributed by atoms with Crippen molar-refractivity contribution in [2.24, 2.45) is 5.92 Å². The first-order valence-corrected chi connectivity index (χ1v) is 8.10. The fourth-order valence-corrected chi connectivity index (χ4v) is 3.66. The molecule has 2 N–H and O–H groups in total. The fourth-order valence-electron chi connectivity index (χ4n) is 2.07. The van der Waals surface area contributed by atoms with Gasteiger partial charge in [-0.05, 0) is 5.56 Å².